The van der Waals surface area contributed by atoms with Gasteiger partial charge in [-0.2, -0.15) is 0 Å². The summed E-state index contributed by atoms with van der Waals surface area (Å²) in [6, 6.07) is 19.6. The Morgan fingerprint density at radius 2 is 1.70 bits per heavy atom. The Morgan fingerprint density at radius 1 is 1.00 bits per heavy atom. The summed E-state index contributed by atoms with van der Waals surface area (Å²) in [7, 11) is -2.68. The van der Waals surface area contributed by atoms with Crippen molar-refractivity contribution >= 4 is 38.9 Å². The average molecular weight is 484 g/mol. The molecule has 0 spiro atoms. The van der Waals surface area contributed by atoms with Crippen LogP contribution in [0, 0.1) is 0 Å². The van der Waals surface area contributed by atoms with Crippen LogP contribution in [-0.2, 0) is 10.0 Å². The number of benzene rings is 3. The minimum Gasteiger partial charge on any atom is -0.495 e. The Morgan fingerprint density at radius 3 is 2.39 bits per heavy atom. The third kappa shape index (κ3) is 5.16. The molecule has 3 aromatic carbocycles. The van der Waals surface area contributed by atoms with Gasteiger partial charge < -0.3 is 14.5 Å². The number of nitrogens with zero attached hydrogens (tertiary/aromatic N) is 1. The van der Waals surface area contributed by atoms with Crippen LogP contribution in [-0.4, -0.2) is 26.4 Å². The van der Waals surface area contributed by atoms with E-state index in [1.54, 1.807) is 12.1 Å². The second-order valence-corrected chi connectivity index (χ2v) is 8.92. The number of hydrogen-bond donors (Lipinski definition) is 2. The predicted octanol–water partition coefficient (Wildman–Crippen LogP) is 5.06. The molecule has 0 aliphatic carbocycles. The van der Waals surface area contributed by atoms with E-state index in [0.717, 1.165) is 5.56 Å². The second kappa shape index (κ2) is 9.35. The van der Waals surface area contributed by atoms with Gasteiger partial charge in [0.2, 0.25) is 0 Å². The zero-order chi connectivity index (χ0) is 23.4. The van der Waals surface area contributed by atoms with Gasteiger partial charge in [-0.15, -0.1) is 0 Å². The number of carbonyl (C=O) groups is 1. The van der Waals surface area contributed by atoms with Crippen molar-refractivity contribution in [2.24, 2.45) is 0 Å². The standard InChI is InChI=1S/C23H18ClN3O5S/c1-31-19-12-11-18(13-21(19)33(29,30)27-17-9-7-16(24)8-10-17)26-22(28)23-25-14-20(32-23)15-5-3-2-4-6-15/h2-14,27H,1H3,(H,26,28). The monoisotopic (exact) mass is 483 g/mol. The molecule has 0 saturated heterocycles. The van der Waals surface area contributed by atoms with Crippen molar-refractivity contribution in [2.75, 3.05) is 17.1 Å². The molecule has 0 saturated carbocycles. The molecule has 0 aliphatic heterocycles. The topological polar surface area (TPSA) is 111 Å². The molecule has 2 N–H and O–H groups in total. The van der Waals surface area contributed by atoms with E-state index in [0.29, 0.717) is 16.5 Å². The van der Waals surface area contributed by atoms with Gasteiger partial charge in [-0.25, -0.2) is 13.4 Å². The highest BCUT2D eigenvalue weighted by Crippen LogP contribution is 2.29. The van der Waals surface area contributed by atoms with Crippen LogP contribution in [0.2, 0.25) is 5.02 Å². The number of ether oxygens (including phenoxy) is 1. The predicted molar refractivity (Wildman–Crippen MR) is 125 cm³/mol. The number of methoxy groups -OCH3 is 1. The molecule has 0 fully saturated rings. The minimum absolute atomic E-state index is 0.108. The van der Waals surface area contributed by atoms with Gasteiger partial charge in [0.1, 0.15) is 10.6 Å². The number of nitrogens with one attached hydrogen (secondary N) is 2. The first kappa shape index (κ1) is 22.4. The summed E-state index contributed by atoms with van der Waals surface area (Å²) in [6.07, 6.45) is 1.45. The largest absolute Gasteiger partial charge is 0.495 e. The Kier molecular flexibility index (Phi) is 6.34. The lowest BCUT2D eigenvalue weighted by Crippen LogP contribution is -2.16. The van der Waals surface area contributed by atoms with Crippen LogP contribution in [0.4, 0.5) is 11.4 Å². The smallest absolute Gasteiger partial charge is 0.311 e. The lowest BCUT2D eigenvalue weighted by atomic mass is 10.2. The van der Waals surface area contributed by atoms with Crippen LogP contribution in [0.5, 0.6) is 5.75 Å². The van der Waals surface area contributed by atoms with Crippen LogP contribution in [0.3, 0.4) is 0 Å². The zero-order valence-electron chi connectivity index (χ0n) is 17.3. The highest BCUT2D eigenvalue weighted by Gasteiger charge is 2.22. The molecule has 4 aromatic rings. The van der Waals surface area contributed by atoms with Crippen molar-refractivity contribution in [3.8, 4) is 17.1 Å². The molecule has 1 aromatic heterocycles. The number of anilines is 2. The summed E-state index contributed by atoms with van der Waals surface area (Å²) < 4.78 is 39.1. The molecule has 4 rings (SSSR count). The SMILES string of the molecule is COc1ccc(NC(=O)c2ncc(-c3ccccc3)o2)cc1S(=O)(=O)Nc1ccc(Cl)cc1. The molecule has 33 heavy (non-hydrogen) atoms. The number of rotatable bonds is 7. The highest BCUT2D eigenvalue weighted by molar-refractivity contribution is 7.92. The lowest BCUT2D eigenvalue weighted by Gasteiger charge is -2.13. The molecule has 0 aliphatic rings. The van der Waals surface area contributed by atoms with Crippen molar-refractivity contribution < 1.29 is 22.4 Å². The summed E-state index contributed by atoms with van der Waals surface area (Å²) in [5.41, 5.74) is 1.32. The minimum atomic E-state index is -4.03. The Labute approximate surface area is 195 Å². The summed E-state index contributed by atoms with van der Waals surface area (Å²) in [4.78, 5) is 16.5. The van der Waals surface area contributed by atoms with Gasteiger partial charge in [0, 0.05) is 22.0 Å². The molecule has 0 unspecified atom stereocenters. The summed E-state index contributed by atoms with van der Waals surface area (Å²) in [6.45, 7) is 0. The van der Waals surface area contributed by atoms with E-state index in [4.69, 9.17) is 20.8 Å². The van der Waals surface area contributed by atoms with Gasteiger partial charge in [-0.1, -0.05) is 41.9 Å². The van der Waals surface area contributed by atoms with Gasteiger partial charge in [0.05, 0.1) is 13.3 Å². The van der Waals surface area contributed by atoms with Crippen LogP contribution < -0.4 is 14.8 Å². The van der Waals surface area contributed by atoms with E-state index in [9.17, 15) is 13.2 Å². The van der Waals surface area contributed by atoms with Crippen LogP contribution in [0.15, 0.2) is 88.3 Å². The van der Waals surface area contributed by atoms with Crippen LogP contribution >= 0.6 is 11.6 Å². The highest BCUT2D eigenvalue weighted by atomic mass is 35.5. The number of hydrogen-bond acceptors (Lipinski definition) is 6. The molecular formula is C23H18ClN3O5S. The summed E-state index contributed by atoms with van der Waals surface area (Å²) >= 11 is 5.85. The van der Waals surface area contributed by atoms with E-state index >= 15 is 0 Å². The average Bonchev–Trinajstić information content (AvgIpc) is 3.32. The van der Waals surface area contributed by atoms with Crippen molar-refractivity contribution in [1.29, 1.82) is 0 Å². The number of carbonyl (C=O) groups excluding carboxylic acids is 1. The van der Waals surface area contributed by atoms with Crippen LogP contribution in [0.1, 0.15) is 10.7 Å². The fourth-order valence-corrected chi connectivity index (χ4v) is 4.37. The molecule has 1 heterocycles. The van der Waals surface area contributed by atoms with Gasteiger partial charge in [0.15, 0.2) is 5.76 Å². The third-order valence-corrected chi connectivity index (χ3v) is 6.22. The summed E-state index contributed by atoms with van der Waals surface area (Å²) in [5, 5.41) is 3.07. The van der Waals surface area contributed by atoms with Crippen molar-refractivity contribution in [3.63, 3.8) is 0 Å². The molecular weight excluding hydrogens is 466 g/mol. The van der Waals surface area contributed by atoms with Crippen molar-refractivity contribution in [3.05, 3.63) is 89.9 Å². The van der Waals surface area contributed by atoms with E-state index in [1.807, 2.05) is 30.3 Å². The maximum absolute atomic E-state index is 13.0. The lowest BCUT2D eigenvalue weighted by molar-refractivity contribution is 0.0991. The first-order chi connectivity index (χ1) is 15.9. The van der Waals surface area contributed by atoms with Gasteiger partial charge in [-0.05, 0) is 42.5 Å². The number of oxazole rings is 1. The third-order valence-electron chi connectivity index (χ3n) is 4.57. The first-order valence-corrected chi connectivity index (χ1v) is 11.5. The normalized spacial score (nSPS) is 11.1. The Hall–Kier alpha value is -3.82. The fourth-order valence-electron chi connectivity index (χ4n) is 2.99. The molecule has 0 radical (unpaired) electrons. The molecule has 10 heteroatoms. The Balaban J connectivity index is 1.57. The number of halogens is 1. The molecule has 8 nitrogen and oxygen atoms in total. The van der Waals surface area contributed by atoms with E-state index in [1.165, 1.54) is 43.6 Å². The first-order valence-electron chi connectivity index (χ1n) is 9.65. The van der Waals surface area contributed by atoms with Crippen LogP contribution in [0.25, 0.3) is 11.3 Å². The van der Waals surface area contributed by atoms with E-state index in [-0.39, 0.29) is 22.2 Å². The van der Waals surface area contributed by atoms with Crippen molar-refractivity contribution in [2.45, 2.75) is 4.90 Å². The molecule has 1 amide bonds. The zero-order valence-corrected chi connectivity index (χ0v) is 18.9. The quantitative estimate of drug-likeness (QED) is 0.380. The van der Waals surface area contributed by atoms with Gasteiger partial charge in [-0.3, -0.25) is 9.52 Å². The number of aromatic nitrogens is 1. The van der Waals surface area contributed by atoms with Crippen molar-refractivity contribution in [1.82, 2.24) is 4.98 Å². The Bertz CT molecular complexity index is 1390. The maximum Gasteiger partial charge on any atom is 0.311 e. The molecule has 168 valence electrons. The van der Waals surface area contributed by atoms with Gasteiger partial charge in [0.25, 0.3) is 15.9 Å². The molecule has 0 bridgehead atoms. The number of sulfonamides is 1. The maximum atomic E-state index is 13.0. The van der Waals surface area contributed by atoms with E-state index < -0.39 is 15.9 Å². The van der Waals surface area contributed by atoms with Gasteiger partial charge >= 0.3 is 5.91 Å². The summed E-state index contributed by atoms with van der Waals surface area (Å²) in [5.74, 6) is -0.243. The molecule has 0 atom stereocenters. The second-order valence-electron chi connectivity index (χ2n) is 6.83. The van der Waals surface area contributed by atoms with E-state index in [2.05, 4.69) is 15.0 Å². The fraction of sp³-hybridized carbons (Fsp3) is 0.0435. The number of amides is 1.